The fourth-order valence-electron chi connectivity index (χ4n) is 3.50. The van der Waals surface area contributed by atoms with Gasteiger partial charge in [-0.1, -0.05) is 55.0 Å². The lowest BCUT2D eigenvalue weighted by atomic mass is 10.1. The first-order valence-corrected chi connectivity index (χ1v) is 11.2. The SMILES string of the molecule is CCCCc1c(C)nn(-c2nc(C)c(C(=O)N[C@@H](C(=O)OC)c3ccccc3)s2)c1C. The molecule has 0 aliphatic carbocycles. The maximum Gasteiger partial charge on any atom is 0.333 e. The zero-order chi connectivity index (χ0) is 22.5. The minimum atomic E-state index is -0.891. The second kappa shape index (κ2) is 9.87. The van der Waals surface area contributed by atoms with E-state index >= 15 is 0 Å². The Morgan fingerprint density at radius 2 is 1.87 bits per heavy atom. The Hall–Kier alpha value is -3.00. The molecule has 0 saturated heterocycles. The number of aryl methyl sites for hydroxylation is 2. The minimum Gasteiger partial charge on any atom is -0.467 e. The quantitative estimate of drug-likeness (QED) is 0.530. The maximum absolute atomic E-state index is 13.0. The van der Waals surface area contributed by atoms with E-state index in [0.717, 1.165) is 30.7 Å². The molecule has 31 heavy (non-hydrogen) atoms. The molecule has 1 N–H and O–H groups in total. The van der Waals surface area contributed by atoms with Gasteiger partial charge in [0.15, 0.2) is 6.04 Å². The molecule has 3 rings (SSSR count). The lowest BCUT2D eigenvalue weighted by Gasteiger charge is -2.16. The van der Waals surface area contributed by atoms with E-state index in [0.29, 0.717) is 21.3 Å². The number of carbonyl (C=O) groups is 2. The van der Waals surface area contributed by atoms with Crippen LogP contribution >= 0.6 is 11.3 Å². The third-order valence-corrected chi connectivity index (χ3v) is 6.37. The smallest absolute Gasteiger partial charge is 0.333 e. The molecule has 0 bridgehead atoms. The second-order valence-corrected chi connectivity index (χ2v) is 8.39. The zero-order valence-corrected chi connectivity index (χ0v) is 19.4. The fraction of sp³-hybridized carbons (Fsp3) is 0.391. The summed E-state index contributed by atoms with van der Waals surface area (Å²) in [5, 5.41) is 8.09. The highest BCUT2D eigenvalue weighted by molar-refractivity contribution is 7.16. The van der Waals surface area contributed by atoms with Crippen molar-refractivity contribution >= 4 is 23.2 Å². The van der Waals surface area contributed by atoms with Crippen LogP contribution in [0.4, 0.5) is 0 Å². The molecule has 1 amide bonds. The van der Waals surface area contributed by atoms with E-state index in [1.54, 1.807) is 19.1 Å². The summed E-state index contributed by atoms with van der Waals surface area (Å²) in [4.78, 5) is 30.4. The van der Waals surface area contributed by atoms with Crippen molar-refractivity contribution in [2.45, 2.75) is 53.0 Å². The van der Waals surface area contributed by atoms with E-state index < -0.39 is 12.0 Å². The Labute approximate surface area is 186 Å². The number of aromatic nitrogens is 3. The number of amides is 1. The number of carbonyl (C=O) groups excluding carboxylic acids is 2. The molecule has 1 aromatic carbocycles. The topological polar surface area (TPSA) is 86.1 Å². The number of esters is 1. The van der Waals surface area contributed by atoms with Gasteiger partial charge in [0.1, 0.15) is 4.88 Å². The van der Waals surface area contributed by atoms with Crippen molar-refractivity contribution in [1.29, 1.82) is 0 Å². The molecule has 2 aromatic heterocycles. The summed E-state index contributed by atoms with van der Waals surface area (Å²) >= 11 is 1.26. The Bertz CT molecular complexity index is 1070. The van der Waals surface area contributed by atoms with Crippen molar-refractivity contribution in [3.63, 3.8) is 0 Å². The van der Waals surface area contributed by atoms with Gasteiger partial charge < -0.3 is 10.1 Å². The van der Waals surface area contributed by atoms with Crippen molar-refractivity contribution in [3.05, 3.63) is 63.4 Å². The average molecular weight is 441 g/mol. The number of methoxy groups -OCH3 is 1. The van der Waals surface area contributed by atoms with Crippen LogP contribution < -0.4 is 5.32 Å². The first kappa shape index (κ1) is 22.7. The van der Waals surface area contributed by atoms with E-state index in [-0.39, 0.29) is 5.91 Å². The molecule has 164 valence electrons. The van der Waals surface area contributed by atoms with Crippen molar-refractivity contribution in [2.75, 3.05) is 7.11 Å². The molecule has 0 saturated carbocycles. The van der Waals surface area contributed by atoms with Crippen LogP contribution in [0.25, 0.3) is 5.13 Å². The van der Waals surface area contributed by atoms with Gasteiger partial charge in [0, 0.05) is 5.69 Å². The number of hydrogen-bond acceptors (Lipinski definition) is 6. The van der Waals surface area contributed by atoms with Crippen molar-refractivity contribution in [2.24, 2.45) is 0 Å². The highest BCUT2D eigenvalue weighted by Crippen LogP contribution is 2.26. The van der Waals surface area contributed by atoms with E-state index in [2.05, 4.69) is 22.3 Å². The molecule has 2 heterocycles. The number of rotatable bonds is 8. The highest BCUT2D eigenvalue weighted by Gasteiger charge is 2.27. The first-order valence-electron chi connectivity index (χ1n) is 10.3. The molecule has 1 atom stereocenters. The number of thiazole rings is 1. The molecule has 3 aromatic rings. The van der Waals surface area contributed by atoms with Crippen LogP contribution in [0.5, 0.6) is 0 Å². The third-order valence-electron chi connectivity index (χ3n) is 5.24. The Morgan fingerprint density at radius 1 is 1.16 bits per heavy atom. The lowest BCUT2D eigenvalue weighted by Crippen LogP contribution is -2.34. The monoisotopic (exact) mass is 440 g/mol. The Balaban J connectivity index is 1.88. The van der Waals surface area contributed by atoms with Gasteiger partial charge in [0.2, 0.25) is 5.13 Å². The standard InChI is InChI=1S/C23H28N4O3S/c1-6-7-13-18-14(2)26-27(16(18)4)23-24-15(3)20(31-23)21(28)25-19(22(29)30-5)17-11-9-8-10-12-17/h8-12,19H,6-7,13H2,1-5H3,(H,25,28)/t19-/m1/s1. The van der Waals surface area contributed by atoms with Crippen molar-refractivity contribution in [3.8, 4) is 5.13 Å². The van der Waals surface area contributed by atoms with Crippen LogP contribution in [0.15, 0.2) is 30.3 Å². The molecule has 7 nitrogen and oxygen atoms in total. The van der Waals surface area contributed by atoms with Crippen LogP contribution in [0.1, 0.15) is 63.7 Å². The van der Waals surface area contributed by atoms with Crippen LogP contribution in [0, 0.1) is 20.8 Å². The third kappa shape index (κ3) is 4.85. The summed E-state index contributed by atoms with van der Waals surface area (Å²) < 4.78 is 6.70. The maximum atomic E-state index is 13.0. The number of nitrogens with one attached hydrogen (secondary N) is 1. The largest absolute Gasteiger partial charge is 0.467 e. The molecule has 8 heteroatoms. The number of ether oxygens (including phenoxy) is 1. The highest BCUT2D eigenvalue weighted by atomic mass is 32.1. The van der Waals surface area contributed by atoms with Gasteiger partial charge in [-0.05, 0) is 44.7 Å². The second-order valence-electron chi connectivity index (χ2n) is 7.42. The van der Waals surface area contributed by atoms with E-state index in [1.807, 2.05) is 36.7 Å². The van der Waals surface area contributed by atoms with Gasteiger partial charge in [-0.3, -0.25) is 4.79 Å². The summed E-state index contributed by atoms with van der Waals surface area (Å²) in [6, 6.07) is 8.14. The average Bonchev–Trinajstić information content (AvgIpc) is 3.29. The molecule has 0 unspecified atom stereocenters. The summed E-state index contributed by atoms with van der Waals surface area (Å²) in [6.07, 6.45) is 3.20. The zero-order valence-electron chi connectivity index (χ0n) is 18.6. The molecule has 0 fully saturated rings. The number of nitrogens with zero attached hydrogens (tertiary/aromatic N) is 3. The molecule has 0 spiro atoms. The van der Waals surface area contributed by atoms with Crippen molar-refractivity contribution < 1.29 is 14.3 Å². The molecule has 0 radical (unpaired) electrons. The van der Waals surface area contributed by atoms with Gasteiger partial charge in [-0.25, -0.2) is 14.5 Å². The summed E-state index contributed by atoms with van der Waals surface area (Å²) in [5.41, 5.74) is 4.51. The van der Waals surface area contributed by atoms with Crippen LogP contribution in [0.3, 0.4) is 0 Å². The predicted octanol–water partition coefficient (Wildman–Crippen LogP) is 4.24. The van der Waals surface area contributed by atoms with E-state index in [9.17, 15) is 9.59 Å². The lowest BCUT2D eigenvalue weighted by molar-refractivity contribution is -0.143. The number of hydrogen-bond donors (Lipinski definition) is 1. The van der Waals surface area contributed by atoms with Gasteiger partial charge in [0.05, 0.1) is 18.5 Å². The van der Waals surface area contributed by atoms with Crippen LogP contribution in [0.2, 0.25) is 0 Å². The van der Waals surface area contributed by atoms with Gasteiger partial charge in [-0.2, -0.15) is 5.10 Å². The van der Waals surface area contributed by atoms with Crippen LogP contribution in [-0.2, 0) is 16.0 Å². The van der Waals surface area contributed by atoms with Gasteiger partial charge in [0.25, 0.3) is 5.91 Å². The predicted molar refractivity (Wildman–Crippen MR) is 121 cm³/mol. The summed E-state index contributed by atoms with van der Waals surface area (Å²) in [6.45, 7) is 7.99. The van der Waals surface area contributed by atoms with Gasteiger partial charge in [-0.15, -0.1) is 0 Å². The Morgan fingerprint density at radius 3 is 2.52 bits per heavy atom. The summed E-state index contributed by atoms with van der Waals surface area (Å²) in [7, 11) is 1.30. The van der Waals surface area contributed by atoms with E-state index in [1.165, 1.54) is 24.0 Å². The Kier molecular flexibility index (Phi) is 7.22. The molecular formula is C23H28N4O3S. The van der Waals surface area contributed by atoms with Crippen molar-refractivity contribution in [1.82, 2.24) is 20.1 Å². The number of benzene rings is 1. The van der Waals surface area contributed by atoms with Crippen LogP contribution in [-0.4, -0.2) is 33.8 Å². The number of unbranched alkanes of at least 4 members (excludes halogenated alkanes) is 1. The van der Waals surface area contributed by atoms with E-state index in [4.69, 9.17) is 4.74 Å². The minimum absolute atomic E-state index is 0.367. The fourth-order valence-corrected chi connectivity index (χ4v) is 4.47. The molecule has 0 aliphatic rings. The molecular weight excluding hydrogens is 412 g/mol. The normalized spacial score (nSPS) is 11.9. The first-order chi connectivity index (χ1) is 14.9. The van der Waals surface area contributed by atoms with Gasteiger partial charge >= 0.3 is 5.97 Å². The molecule has 0 aliphatic heterocycles. The summed E-state index contributed by atoms with van der Waals surface area (Å²) in [5.74, 6) is -0.894.